The number of alkyl halides is 3. The fraction of sp³-hybridized carbons (Fsp3) is 0.524. The van der Waals surface area contributed by atoms with Gasteiger partial charge in [0.25, 0.3) is 0 Å². The molecule has 1 aliphatic heterocycles. The van der Waals surface area contributed by atoms with E-state index < -0.39 is 11.7 Å². The first-order chi connectivity index (χ1) is 12.3. The maximum absolute atomic E-state index is 12.9. The van der Waals surface area contributed by atoms with E-state index in [9.17, 15) is 13.2 Å². The standard InChI is InChI=1S/C21H27F3N2/c1-16(2)18-8-6-17(7-9-18)15-25-10-12-26(13-11-25)20-5-3-4-19(14-20)21(22,23)24/h3-6,14,18H,1,7-13,15H2,2H3/t18-/m0/s1. The van der Waals surface area contributed by atoms with E-state index in [1.165, 1.54) is 29.7 Å². The van der Waals surface area contributed by atoms with Crippen LogP contribution in [0, 0.1) is 5.92 Å². The van der Waals surface area contributed by atoms with E-state index in [-0.39, 0.29) is 0 Å². The molecule has 1 aromatic carbocycles. The van der Waals surface area contributed by atoms with Gasteiger partial charge in [-0.2, -0.15) is 13.2 Å². The van der Waals surface area contributed by atoms with Crippen LogP contribution in [0.5, 0.6) is 0 Å². The molecule has 1 atom stereocenters. The van der Waals surface area contributed by atoms with Gasteiger partial charge < -0.3 is 4.90 Å². The van der Waals surface area contributed by atoms with Crippen LogP contribution in [-0.2, 0) is 6.18 Å². The minimum absolute atomic E-state index is 0.572. The third-order valence-corrected chi connectivity index (χ3v) is 5.54. The highest BCUT2D eigenvalue weighted by Crippen LogP contribution is 2.32. The van der Waals surface area contributed by atoms with Crippen LogP contribution in [-0.4, -0.2) is 37.6 Å². The molecule has 3 rings (SSSR count). The van der Waals surface area contributed by atoms with Gasteiger partial charge in [0.2, 0.25) is 0 Å². The minimum atomic E-state index is -4.28. The largest absolute Gasteiger partial charge is 0.416 e. The quantitative estimate of drug-likeness (QED) is 0.684. The summed E-state index contributed by atoms with van der Waals surface area (Å²) >= 11 is 0. The summed E-state index contributed by atoms with van der Waals surface area (Å²) in [6.45, 7) is 10.5. The van der Waals surface area contributed by atoms with Crippen molar-refractivity contribution in [1.82, 2.24) is 4.90 Å². The molecule has 26 heavy (non-hydrogen) atoms. The zero-order valence-corrected chi connectivity index (χ0v) is 15.4. The predicted molar refractivity (Wildman–Crippen MR) is 100 cm³/mol. The number of rotatable bonds is 4. The fourth-order valence-corrected chi connectivity index (χ4v) is 3.81. The molecule has 0 radical (unpaired) electrons. The first-order valence-corrected chi connectivity index (χ1v) is 9.31. The smallest absolute Gasteiger partial charge is 0.369 e. The second-order valence-corrected chi connectivity index (χ2v) is 7.49. The van der Waals surface area contributed by atoms with Crippen LogP contribution in [0.1, 0.15) is 31.7 Å². The zero-order valence-electron chi connectivity index (χ0n) is 15.4. The Balaban J connectivity index is 1.53. The summed E-state index contributed by atoms with van der Waals surface area (Å²) in [6, 6.07) is 5.66. The first kappa shape index (κ1) is 19.0. The fourth-order valence-electron chi connectivity index (χ4n) is 3.81. The van der Waals surface area contributed by atoms with Crippen LogP contribution in [0.2, 0.25) is 0 Å². The average molecular weight is 364 g/mol. The number of allylic oxidation sites excluding steroid dienone is 2. The molecule has 1 aliphatic carbocycles. The number of piperazine rings is 1. The Morgan fingerprint density at radius 2 is 1.92 bits per heavy atom. The molecule has 0 spiro atoms. The number of hydrogen-bond acceptors (Lipinski definition) is 2. The molecular formula is C21H27F3N2. The SMILES string of the molecule is C=C(C)[C@H]1CC=C(CN2CCN(c3cccc(C(F)(F)F)c3)CC2)CC1. The lowest BCUT2D eigenvalue weighted by molar-refractivity contribution is -0.137. The van der Waals surface area contributed by atoms with Gasteiger partial charge in [0.1, 0.15) is 0 Å². The average Bonchev–Trinajstić information content (AvgIpc) is 2.62. The van der Waals surface area contributed by atoms with E-state index in [4.69, 9.17) is 0 Å². The first-order valence-electron chi connectivity index (χ1n) is 9.31. The van der Waals surface area contributed by atoms with Crippen LogP contribution < -0.4 is 4.90 Å². The van der Waals surface area contributed by atoms with Crippen LogP contribution in [0.25, 0.3) is 0 Å². The van der Waals surface area contributed by atoms with Crippen LogP contribution in [0.15, 0.2) is 48.1 Å². The number of anilines is 1. The Labute approximate surface area is 154 Å². The molecule has 0 aromatic heterocycles. The van der Waals surface area contributed by atoms with E-state index in [0.717, 1.165) is 51.6 Å². The van der Waals surface area contributed by atoms with Gasteiger partial charge in [-0.3, -0.25) is 4.90 Å². The molecule has 0 N–H and O–H groups in total. The van der Waals surface area contributed by atoms with Gasteiger partial charge in [0, 0.05) is 38.4 Å². The van der Waals surface area contributed by atoms with Gasteiger partial charge in [-0.25, -0.2) is 0 Å². The molecule has 142 valence electrons. The van der Waals surface area contributed by atoms with Crippen molar-refractivity contribution >= 4 is 5.69 Å². The molecule has 0 saturated carbocycles. The molecule has 1 saturated heterocycles. The number of benzene rings is 1. The van der Waals surface area contributed by atoms with Crippen LogP contribution >= 0.6 is 0 Å². The lowest BCUT2D eigenvalue weighted by Gasteiger charge is -2.37. The van der Waals surface area contributed by atoms with Crippen molar-refractivity contribution in [3.8, 4) is 0 Å². The molecule has 1 heterocycles. The minimum Gasteiger partial charge on any atom is -0.369 e. The Bertz CT molecular complexity index is 670. The van der Waals surface area contributed by atoms with Gasteiger partial charge in [-0.05, 0) is 50.3 Å². The van der Waals surface area contributed by atoms with Gasteiger partial charge in [-0.15, -0.1) is 0 Å². The second-order valence-electron chi connectivity index (χ2n) is 7.49. The third-order valence-electron chi connectivity index (χ3n) is 5.54. The number of hydrogen-bond donors (Lipinski definition) is 0. The molecule has 5 heteroatoms. The monoisotopic (exact) mass is 364 g/mol. The Hall–Kier alpha value is -1.75. The van der Waals surface area contributed by atoms with Crippen LogP contribution in [0.4, 0.5) is 18.9 Å². The van der Waals surface area contributed by atoms with Crippen molar-refractivity contribution < 1.29 is 13.2 Å². The number of halogens is 3. The molecular weight excluding hydrogens is 337 g/mol. The van der Waals surface area contributed by atoms with Crippen molar-refractivity contribution in [2.45, 2.75) is 32.4 Å². The molecule has 2 aliphatic rings. The summed E-state index contributed by atoms with van der Waals surface area (Å²) in [6.07, 6.45) is 1.49. The zero-order chi connectivity index (χ0) is 18.7. The van der Waals surface area contributed by atoms with Gasteiger partial charge in [-0.1, -0.05) is 29.9 Å². The lowest BCUT2D eigenvalue weighted by atomic mass is 9.85. The third kappa shape index (κ3) is 4.70. The van der Waals surface area contributed by atoms with E-state index in [1.807, 2.05) is 0 Å². The molecule has 1 fully saturated rings. The van der Waals surface area contributed by atoms with E-state index in [2.05, 4.69) is 29.4 Å². The molecule has 0 amide bonds. The lowest BCUT2D eigenvalue weighted by Crippen LogP contribution is -2.47. The van der Waals surface area contributed by atoms with Crippen LogP contribution in [0.3, 0.4) is 0 Å². The topological polar surface area (TPSA) is 6.48 Å². The summed E-state index contributed by atoms with van der Waals surface area (Å²) in [5, 5.41) is 0. The summed E-state index contributed by atoms with van der Waals surface area (Å²) < 4.78 is 38.7. The van der Waals surface area contributed by atoms with Crippen molar-refractivity contribution in [2.75, 3.05) is 37.6 Å². The highest BCUT2D eigenvalue weighted by Gasteiger charge is 2.31. The highest BCUT2D eigenvalue weighted by atomic mass is 19.4. The van der Waals surface area contributed by atoms with E-state index in [1.54, 1.807) is 6.07 Å². The maximum Gasteiger partial charge on any atom is 0.416 e. The van der Waals surface area contributed by atoms with Gasteiger partial charge in [0.15, 0.2) is 0 Å². The maximum atomic E-state index is 12.9. The van der Waals surface area contributed by atoms with Crippen molar-refractivity contribution in [3.05, 3.63) is 53.6 Å². The predicted octanol–water partition coefficient (Wildman–Crippen LogP) is 5.13. The summed E-state index contributed by atoms with van der Waals surface area (Å²) in [7, 11) is 0. The summed E-state index contributed by atoms with van der Waals surface area (Å²) in [5.41, 5.74) is 2.86. The van der Waals surface area contributed by atoms with E-state index >= 15 is 0 Å². The molecule has 2 nitrogen and oxygen atoms in total. The van der Waals surface area contributed by atoms with E-state index in [0.29, 0.717) is 11.6 Å². The molecule has 1 aromatic rings. The van der Waals surface area contributed by atoms with Crippen molar-refractivity contribution in [3.63, 3.8) is 0 Å². The highest BCUT2D eigenvalue weighted by molar-refractivity contribution is 5.49. The Kier molecular flexibility index (Phi) is 5.76. The van der Waals surface area contributed by atoms with Gasteiger partial charge in [0.05, 0.1) is 5.56 Å². The van der Waals surface area contributed by atoms with Crippen molar-refractivity contribution in [1.29, 1.82) is 0 Å². The Morgan fingerprint density at radius 1 is 1.19 bits per heavy atom. The summed E-state index contributed by atoms with van der Waals surface area (Å²) in [5.74, 6) is 0.622. The molecule has 0 bridgehead atoms. The normalized spacial score (nSPS) is 22.2. The molecule has 0 unspecified atom stereocenters. The van der Waals surface area contributed by atoms with Gasteiger partial charge >= 0.3 is 6.18 Å². The summed E-state index contributed by atoms with van der Waals surface area (Å²) in [4.78, 5) is 4.47. The number of nitrogens with zero attached hydrogens (tertiary/aromatic N) is 2. The Morgan fingerprint density at radius 3 is 2.50 bits per heavy atom. The van der Waals surface area contributed by atoms with Crippen molar-refractivity contribution in [2.24, 2.45) is 5.92 Å². The second kappa shape index (κ2) is 7.87.